The summed E-state index contributed by atoms with van der Waals surface area (Å²) in [6, 6.07) is 14.4. The number of carbonyl (C=O) groups excluding carboxylic acids is 2. The molecule has 1 aliphatic carbocycles. The number of carbonyl (C=O) groups is 2. The van der Waals surface area contributed by atoms with Crippen molar-refractivity contribution >= 4 is 29.9 Å². The van der Waals surface area contributed by atoms with Crippen molar-refractivity contribution in [1.29, 1.82) is 5.26 Å². The number of hydrogen-bond donors (Lipinski definition) is 2. The van der Waals surface area contributed by atoms with E-state index in [1.165, 1.54) is 16.7 Å². The fourth-order valence-electron chi connectivity index (χ4n) is 4.51. The van der Waals surface area contributed by atoms with Crippen LogP contribution in [0.5, 0.6) is 0 Å². The van der Waals surface area contributed by atoms with Gasteiger partial charge in [-0.1, -0.05) is 43.7 Å². The molecule has 0 bridgehead atoms. The molecular weight excluding hydrogens is 474 g/mol. The molecule has 1 unspecified atom stereocenters. The second-order valence-electron chi connectivity index (χ2n) is 9.71. The van der Waals surface area contributed by atoms with Gasteiger partial charge in [0, 0.05) is 37.9 Å². The van der Waals surface area contributed by atoms with E-state index in [0.717, 1.165) is 24.1 Å². The Hall–Kier alpha value is -2.92. The van der Waals surface area contributed by atoms with E-state index >= 15 is 0 Å². The van der Waals surface area contributed by atoms with Crippen LogP contribution in [0.15, 0.2) is 36.4 Å². The third kappa shape index (κ3) is 7.54. The molecule has 0 radical (unpaired) electrons. The number of nitriles is 1. The molecular formula is C28H38ClN5O2. The summed E-state index contributed by atoms with van der Waals surface area (Å²) in [5.74, 6) is -0.157. The number of halogens is 1. The van der Waals surface area contributed by atoms with Gasteiger partial charge in [-0.25, -0.2) is 0 Å². The molecule has 3 rings (SSSR count). The summed E-state index contributed by atoms with van der Waals surface area (Å²) in [5, 5.41) is 15.7. The van der Waals surface area contributed by atoms with Gasteiger partial charge in [0.25, 0.3) is 0 Å². The van der Waals surface area contributed by atoms with Crippen LogP contribution >= 0.6 is 12.4 Å². The first-order chi connectivity index (χ1) is 16.7. The van der Waals surface area contributed by atoms with E-state index in [2.05, 4.69) is 55.7 Å². The van der Waals surface area contributed by atoms with Crippen LogP contribution in [-0.2, 0) is 22.4 Å². The largest absolute Gasteiger partial charge is 0.341 e. The molecule has 0 saturated heterocycles. The number of amides is 2. The number of rotatable bonds is 10. The van der Waals surface area contributed by atoms with E-state index in [4.69, 9.17) is 0 Å². The van der Waals surface area contributed by atoms with Gasteiger partial charge in [-0.15, -0.1) is 12.4 Å². The highest BCUT2D eigenvalue weighted by Gasteiger charge is 2.27. The standard InChI is InChI=1S/C28H37N5O2.ClH/c1-19(2)31-10-11-33(26-13-22(16-29)8-7-21(26)4)28(35)18-30-17-27(34)32(5)25-14-23-9-6-20(3)12-24(23)15-25;/h6-9,12-13,19,25,30-31H,10-11,14-15,17-18H2,1-5H3;1H. The second kappa shape index (κ2) is 13.4. The van der Waals surface area contributed by atoms with Crippen molar-refractivity contribution in [3.63, 3.8) is 0 Å². The number of aryl methyl sites for hydroxylation is 2. The van der Waals surface area contributed by atoms with Gasteiger partial charge in [-0.05, 0) is 55.5 Å². The van der Waals surface area contributed by atoms with Crippen LogP contribution in [0.25, 0.3) is 0 Å². The monoisotopic (exact) mass is 511 g/mol. The van der Waals surface area contributed by atoms with Gasteiger partial charge in [0.15, 0.2) is 0 Å². The number of benzene rings is 2. The fraction of sp³-hybridized carbons (Fsp3) is 0.464. The summed E-state index contributed by atoms with van der Waals surface area (Å²) in [6.45, 7) is 9.38. The number of anilines is 1. The molecule has 2 amide bonds. The Balaban J connectivity index is 0.00000456. The zero-order valence-corrected chi connectivity index (χ0v) is 22.7. The maximum Gasteiger partial charge on any atom is 0.241 e. The summed E-state index contributed by atoms with van der Waals surface area (Å²) in [4.78, 5) is 29.5. The first-order valence-electron chi connectivity index (χ1n) is 12.3. The lowest BCUT2D eigenvalue weighted by molar-refractivity contribution is -0.130. The van der Waals surface area contributed by atoms with Crippen molar-refractivity contribution in [2.75, 3.05) is 38.1 Å². The molecule has 2 aromatic carbocycles. The maximum atomic E-state index is 13.2. The minimum atomic E-state index is -0.132. The van der Waals surface area contributed by atoms with Crippen LogP contribution in [0.4, 0.5) is 5.69 Å². The SMILES string of the molecule is Cc1ccc2c(c1)CC(N(C)C(=O)CNCC(=O)N(CCNC(C)C)c1cc(C#N)ccc1C)C2.Cl. The molecule has 1 aliphatic rings. The van der Waals surface area contributed by atoms with Crippen LogP contribution in [0.3, 0.4) is 0 Å². The first-order valence-corrected chi connectivity index (χ1v) is 12.3. The van der Waals surface area contributed by atoms with Crippen LogP contribution in [0.1, 0.15) is 41.7 Å². The van der Waals surface area contributed by atoms with Crippen LogP contribution < -0.4 is 15.5 Å². The highest BCUT2D eigenvalue weighted by molar-refractivity contribution is 5.96. The Kier molecular flexibility index (Phi) is 10.9. The Morgan fingerprint density at radius 1 is 1.06 bits per heavy atom. The van der Waals surface area contributed by atoms with Gasteiger partial charge >= 0.3 is 0 Å². The van der Waals surface area contributed by atoms with Crippen molar-refractivity contribution in [2.45, 2.75) is 52.6 Å². The lowest BCUT2D eigenvalue weighted by Crippen LogP contribution is -2.46. The Labute approximate surface area is 221 Å². The Morgan fingerprint density at radius 2 is 1.75 bits per heavy atom. The van der Waals surface area contributed by atoms with E-state index < -0.39 is 0 Å². The predicted octanol–water partition coefficient (Wildman–Crippen LogP) is 3.14. The van der Waals surface area contributed by atoms with Crippen LogP contribution in [0, 0.1) is 25.2 Å². The van der Waals surface area contributed by atoms with Crippen LogP contribution in [0.2, 0.25) is 0 Å². The molecule has 0 aliphatic heterocycles. The summed E-state index contributed by atoms with van der Waals surface area (Å²) in [6.07, 6.45) is 1.73. The third-order valence-electron chi connectivity index (χ3n) is 6.58. The molecule has 2 aromatic rings. The van der Waals surface area contributed by atoms with E-state index in [0.29, 0.717) is 24.7 Å². The Morgan fingerprint density at radius 3 is 2.44 bits per heavy atom. The van der Waals surface area contributed by atoms with Gasteiger partial charge in [-0.3, -0.25) is 14.9 Å². The topological polar surface area (TPSA) is 88.5 Å². The zero-order valence-electron chi connectivity index (χ0n) is 21.9. The smallest absolute Gasteiger partial charge is 0.241 e. The fourth-order valence-corrected chi connectivity index (χ4v) is 4.51. The molecule has 0 saturated carbocycles. The Bertz CT molecular complexity index is 1110. The highest BCUT2D eigenvalue weighted by Crippen LogP contribution is 2.26. The molecule has 8 heteroatoms. The molecule has 194 valence electrons. The average Bonchev–Trinajstić information content (AvgIpc) is 3.24. The third-order valence-corrected chi connectivity index (χ3v) is 6.58. The predicted molar refractivity (Wildman–Crippen MR) is 147 cm³/mol. The molecule has 2 N–H and O–H groups in total. The maximum absolute atomic E-state index is 13.2. The molecule has 0 fully saturated rings. The van der Waals surface area contributed by atoms with Gasteiger partial charge in [0.2, 0.25) is 11.8 Å². The van der Waals surface area contributed by atoms with E-state index in [-0.39, 0.29) is 43.4 Å². The van der Waals surface area contributed by atoms with Gasteiger partial charge < -0.3 is 15.1 Å². The normalized spacial score (nSPS) is 14.1. The molecule has 0 heterocycles. The van der Waals surface area contributed by atoms with Crippen molar-refractivity contribution < 1.29 is 9.59 Å². The lowest BCUT2D eigenvalue weighted by atomic mass is 10.1. The van der Waals surface area contributed by atoms with E-state index in [1.807, 2.05) is 20.0 Å². The van der Waals surface area contributed by atoms with Gasteiger partial charge in [0.1, 0.15) is 0 Å². The van der Waals surface area contributed by atoms with Gasteiger partial charge in [-0.2, -0.15) is 5.26 Å². The van der Waals surface area contributed by atoms with Crippen molar-refractivity contribution in [3.05, 3.63) is 64.2 Å². The first kappa shape index (κ1) is 29.3. The highest BCUT2D eigenvalue weighted by atomic mass is 35.5. The number of likely N-dealkylation sites (N-methyl/N-ethyl adjacent to an activating group) is 1. The molecule has 7 nitrogen and oxygen atoms in total. The van der Waals surface area contributed by atoms with Crippen molar-refractivity contribution in [3.8, 4) is 6.07 Å². The summed E-state index contributed by atoms with van der Waals surface area (Å²) in [7, 11) is 1.84. The molecule has 0 aromatic heterocycles. The van der Waals surface area contributed by atoms with E-state index in [1.54, 1.807) is 21.9 Å². The van der Waals surface area contributed by atoms with Crippen molar-refractivity contribution in [2.24, 2.45) is 0 Å². The number of hydrogen-bond acceptors (Lipinski definition) is 5. The molecule has 0 spiro atoms. The summed E-state index contributed by atoms with van der Waals surface area (Å²) < 4.78 is 0. The zero-order chi connectivity index (χ0) is 25.5. The second-order valence-corrected chi connectivity index (χ2v) is 9.71. The summed E-state index contributed by atoms with van der Waals surface area (Å²) >= 11 is 0. The molecule has 36 heavy (non-hydrogen) atoms. The average molecular weight is 512 g/mol. The minimum Gasteiger partial charge on any atom is -0.341 e. The van der Waals surface area contributed by atoms with Crippen LogP contribution in [-0.4, -0.2) is 62.0 Å². The van der Waals surface area contributed by atoms with Gasteiger partial charge in [0.05, 0.1) is 24.7 Å². The van der Waals surface area contributed by atoms with Crippen molar-refractivity contribution in [1.82, 2.24) is 15.5 Å². The number of fused-ring (bicyclic) bond motifs is 1. The lowest BCUT2D eigenvalue weighted by Gasteiger charge is -2.27. The van der Waals surface area contributed by atoms with E-state index in [9.17, 15) is 14.9 Å². The number of nitrogens with zero attached hydrogens (tertiary/aromatic N) is 3. The summed E-state index contributed by atoms with van der Waals surface area (Å²) in [5.41, 5.74) is 6.03. The minimum absolute atomic E-state index is 0. The molecule has 1 atom stereocenters. The quantitative estimate of drug-likeness (QED) is 0.511. The number of nitrogens with one attached hydrogen (secondary N) is 2.